The Bertz CT molecular complexity index is 206. The summed E-state index contributed by atoms with van der Waals surface area (Å²) in [7, 11) is 0. The minimum absolute atomic E-state index is 0.358. The lowest BCUT2D eigenvalue weighted by Gasteiger charge is -2.31. The lowest BCUT2D eigenvalue weighted by Crippen LogP contribution is -2.43. The Morgan fingerprint density at radius 3 is 2.82 bits per heavy atom. The smallest absolute Gasteiger partial charge is 0.0975 e. The summed E-state index contributed by atoms with van der Waals surface area (Å²) in [5.41, 5.74) is -0.740. The van der Waals surface area contributed by atoms with Crippen molar-refractivity contribution < 1.29 is 9.84 Å². The van der Waals surface area contributed by atoms with Crippen molar-refractivity contribution in [2.45, 2.75) is 64.6 Å². The fraction of sp³-hybridized carbons (Fsp3) is 1.00. The van der Waals surface area contributed by atoms with E-state index in [-0.39, 0.29) is 0 Å². The Hall–Kier alpha value is -0.120. The van der Waals surface area contributed by atoms with Gasteiger partial charge >= 0.3 is 0 Å². The third-order valence-electron chi connectivity index (χ3n) is 3.45. The number of aliphatic hydroxyl groups is 1. The fourth-order valence-corrected chi connectivity index (χ4v) is 2.41. The monoisotopic (exact) mass is 243 g/mol. The minimum atomic E-state index is -0.740. The van der Waals surface area contributed by atoms with Crippen molar-refractivity contribution in [3.63, 3.8) is 0 Å². The topological polar surface area (TPSA) is 41.5 Å². The van der Waals surface area contributed by atoms with Gasteiger partial charge < -0.3 is 15.2 Å². The van der Waals surface area contributed by atoms with Gasteiger partial charge in [-0.2, -0.15) is 0 Å². The first-order valence-corrected chi connectivity index (χ1v) is 7.08. The predicted molar refractivity (Wildman–Crippen MR) is 71.2 cm³/mol. The number of nitrogens with one attached hydrogen (secondary N) is 1. The van der Waals surface area contributed by atoms with E-state index in [0.717, 1.165) is 31.7 Å². The standard InChI is InChI=1S/C14H29NO2/c1-4-8-15-10-14(3,16)11-17-13-7-5-6-12(2)9-13/h12-13,15-16H,4-11H2,1-3H3. The average Bonchev–Trinajstić information content (AvgIpc) is 2.27. The molecule has 1 aliphatic carbocycles. The SMILES string of the molecule is CCCNCC(C)(O)COC1CCCC(C)C1. The molecule has 0 heterocycles. The van der Waals surface area contributed by atoms with Crippen molar-refractivity contribution in [1.29, 1.82) is 0 Å². The summed E-state index contributed by atoms with van der Waals surface area (Å²) in [5, 5.41) is 13.4. The molecule has 0 spiro atoms. The highest BCUT2D eigenvalue weighted by molar-refractivity contribution is 4.77. The van der Waals surface area contributed by atoms with Crippen molar-refractivity contribution in [1.82, 2.24) is 5.32 Å². The molecule has 1 fully saturated rings. The number of rotatable bonds is 7. The summed E-state index contributed by atoms with van der Waals surface area (Å²) in [4.78, 5) is 0. The van der Waals surface area contributed by atoms with Gasteiger partial charge in [-0.3, -0.25) is 0 Å². The lowest BCUT2D eigenvalue weighted by atomic mass is 9.88. The second-order valence-corrected chi connectivity index (χ2v) is 5.88. The highest BCUT2D eigenvalue weighted by atomic mass is 16.5. The van der Waals surface area contributed by atoms with E-state index in [4.69, 9.17) is 4.74 Å². The van der Waals surface area contributed by atoms with Crippen molar-refractivity contribution in [2.24, 2.45) is 5.92 Å². The first-order chi connectivity index (χ1) is 8.03. The Morgan fingerprint density at radius 2 is 2.18 bits per heavy atom. The third kappa shape index (κ3) is 6.39. The van der Waals surface area contributed by atoms with Crippen LogP contribution >= 0.6 is 0 Å². The van der Waals surface area contributed by atoms with Crippen molar-refractivity contribution in [3.8, 4) is 0 Å². The number of hydrogen-bond donors (Lipinski definition) is 2. The Kier molecular flexibility index (Phi) is 6.45. The maximum absolute atomic E-state index is 10.2. The van der Waals surface area contributed by atoms with E-state index in [9.17, 15) is 5.11 Å². The summed E-state index contributed by atoms with van der Waals surface area (Å²) in [6, 6.07) is 0. The van der Waals surface area contributed by atoms with E-state index in [1.807, 2.05) is 6.92 Å². The molecular formula is C14H29NO2. The third-order valence-corrected chi connectivity index (χ3v) is 3.45. The molecule has 1 saturated carbocycles. The van der Waals surface area contributed by atoms with E-state index in [1.54, 1.807) is 0 Å². The highest BCUT2D eigenvalue weighted by Crippen LogP contribution is 2.26. The lowest BCUT2D eigenvalue weighted by molar-refractivity contribution is -0.0747. The highest BCUT2D eigenvalue weighted by Gasteiger charge is 2.25. The Labute approximate surface area is 106 Å². The van der Waals surface area contributed by atoms with Gasteiger partial charge in [-0.1, -0.05) is 26.7 Å². The zero-order valence-electron chi connectivity index (χ0n) is 11.7. The van der Waals surface area contributed by atoms with Crippen LogP contribution in [0.1, 0.15) is 52.9 Å². The van der Waals surface area contributed by atoms with Crippen LogP contribution in [-0.2, 0) is 4.74 Å². The average molecular weight is 243 g/mol. The second kappa shape index (κ2) is 7.34. The van der Waals surface area contributed by atoms with Crippen LogP contribution in [0.3, 0.4) is 0 Å². The zero-order valence-corrected chi connectivity index (χ0v) is 11.7. The van der Waals surface area contributed by atoms with Gasteiger partial charge in [0.25, 0.3) is 0 Å². The van der Waals surface area contributed by atoms with Crippen molar-refractivity contribution in [3.05, 3.63) is 0 Å². The number of ether oxygens (including phenoxy) is 1. The molecule has 0 amide bonds. The molecule has 0 aromatic rings. The molecule has 2 N–H and O–H groups in total. The first kappa shape index (κ1) is 14.9. The van der Waals surface area contributed by atoms with Gasteiger partial charge in [0.2, 0.25) is 0 Å². The molecule has 17 heavy (non-hydrogen) atoms. The summed E-state index contributed by atoms with van der Waals surface area (Å²) in [6.07, 6.45) is 6.35. The van der Waals surface area contributed by atoms with Crippen molar-refractivity contribution in [2.75, 3.05) is 19.7 Å². The molecule has 3 unspecified atom stereocenters. The van der Waals surface area contributed by atoms with Gasteiger partial charge in [-0.15, -0.1) is 0 Å². The van der Waals surface area contributed by atoms with Gasteiger partial charge in [-0.05, 0) is 38.6 Å². The molecule has 1 aliphatic rings. The minimum Gasteiger partial charge on any atom is -0.386 e. The molecule has 0 aliphatic heterocycles. The Balaban J connectivity index is 2.18. The van der Waals surface area contributed by atoms with E-state index in [1.165, 1.54) is 12.8 Å². The summed E-state index contributed by atoms with van der Waals surface area (Å²) in [6.45, 7) is 8.28. The summed E-state index contributed by atoms with van der Waals surface area (Å²) >= 11 is 0. The molecule has 1 rings (SSSR count). The molecule has 0 aromatic carbocycles. The van der Waals surface area contributed by atoms with Gasteiger partial charge in [0, 0.05) is 6.54 Å². The Morgan fingerprint density at radius 1 is 1.41 bits per heavy atom. The van der Waals surface area contributed by atoms with Gasteiger partial charge in [-0.25, -0.2) is 0 Å². The summed E-state index contributed by atoms with van der Waals surface area (Å²) < 4.78 is 5.86. The van der Waals surface area contributed by atoms with E-state index in [2.05, 4.69) is 19.2 Å². The predicted octanol–water partition coefficient (Wildman–Crippen LogP) is 2.33. The largest absolute Gasteiger partial charge is 0.386 e. The number of hydrogen-bond acceptors (Lipinski definition) is 3. The van der Waals surface area contributed by atoms with Crippen LogP contribution in [0.2, 0.25) is 0 Å². The molecular weight excluding hydrogens is 214 g/mol. The first-order valence-electron chi connectivity index (χ1n) is 7.08. The quantitative estimate of drug-likeness (QED) is 0.674. The van der Waals surface area contributed by atoms with Crippen LogP contribution in [0, 0.1) is 5.92 Å². The van der Waals surface area contributed by atoms with E-state index in [0.29, 0.717) is 19.3 Å². The molecule has 0 aromatic heterocycles. The fourth-order valence-electron chi connectivity index (χ4n) is 2.41. The molecule has 0 saturated heterocycles. The van der Waals surface area contributed by atoms with Crippen LogP contribution in [0.5, 0.6) is 0 Å². The van der Waals surface area contributed by atoms with Gasteiger partial charge in [0.05, 0.1) is 18.3 Å². The van der Waals surface area contributed by atoms with Crippen LogP contribution in [0.4, 0.5) is 0 Å². The van der Waals surface area contributed by atoms with Crippen LogP contribution in [0.25, 0.3) is 0 Å². The molecule has 0 bridgehead atoms. The van der Waals surface area contributed by atoms with Crippen LogP contribution < -0.4 is 5.32 Å². The maximum Gasteiger partial charge on any atom is 0.0975 e. The molecule has 0 radical (unpaired) electrons. The van der Waals surface area contributed by atoms with E-state index >= 15 is 0 Å². The van der Waals surface area contributed by atoms with Gasteiger partial charge in [0.1, 0.15) is 0 Å². The molecule has 3 nitrogen and oxygen atoms in total. The van der Waals surface area contributed by atoms with Crippen molar-refractivity contribution >= 4 is 0 Å². The van der Waals surface area contributed by atoms with Crippen LogP contribution in [-0.4, -0.2) is 36.5 Å². The van der Waals surface area contributed by atoms with E-state index < -0.39 is 5.60 Å². The zero-order chi connectivity index (χ0) is 12.7. The molecule has 3 heteroatoms. The second-order valence-electron chi connectivity index (χ2n) is 5.88. The molecule has 102 valence electrons. The maximum atomic E-state index is 10.2. The van der Waals surface area contributed by atoms with Gasteiger partial charge in [0.15, 0.2) is 0 Å². The molecule has 3 atom stereocenters. The van der Waals surface area contributed by atoms with Crippen LogP contribution in [0.15, 0.2) is 0 Å². The summed E-state index contributed by atoms with van der Waals surface area (Å²) in [5.74, 6) is 0.775. The normalized spacial score (nSPS) is 28.9.